The van der Waals surface area contributed by atoms with E-state index in [4.69, 9.17) is 9.84 Å². The summed E-state index contributed by atoms with van der Waals surface area (Å²) in [6.45, 7) is 3.13. The van der Waals surface area contributed by atoms with Gasteiger partial charge in [0.25, 0.3) is 0 Å². The molecule has 1 saturated heterocycles. The summed E-state index contributed by atoms with van der Waals surface area (Å²) in [5.41, 5.74) is 1.13. The smallest absolute Gasteiger partial charge is 0.0795 e. The van der Waals surface area contributed by atoms with Gasteiger partial charge in [-0.2, -0.15) is 0 Å². The van der Waals surface area contributed by atoms with Crippen molar-refractivity contribution in [2.24, 2.45) is 5.92 Å². The number of ether oxygens (including phenoxy) is 1. The number of hydrogen-bond acceptors (Lipinski definition) is 5. The molecule has 0 radical (unpaired) electrons. The number of allylic oxidation sites excluding steroid dienone is 1. The Morgan fingerprint density at radius 1 is 1.25 bits per heavy atom. The fourth-order valence-electron chi connectivity index (χ4n) is 2.84. The highest BCUT2D eigenvalue weighted by Crippen LogP contribution is 2.51. The molecule has 1 aliphatic heterocycles. The largest absolute Gasteiger partial charge is 0.392 e. The Kier molecular flexibility index (Phi) is 8.70. The van der Waals surface area contributed by atoms with E-state index in [2.05, 4.69) is 13.0 Å². The molecule has 0 bridgehead atoms. The summed E-state index contributed by atoms with van der Waals surface area (Å²) >= 11 is 3.88. The fourth-order valence-corrected chi connectivity index (χ4v) is 6.43. The molecule has 2 atom stereocenters. The van der Waals surface area contributed by atoms with E-state index in [1.807, 2.05) is 53.9 Å². The Balaban J connectivity index is 1.87. The maximum atomic E-state index is 10.5. The van der Waals surface area contributed by atoms with Gasteiger partial charge < -0.3 is 14.9 Å². The molecule has 0 aliphatic carbocycles. The van der Waals surface area contributed by atoms with Gasteiger partial charge in [0, 0.05) is 0 Å². The molecule has 0 saturated carbocycles. The summed E-state index contributed by atoms with van der Waals surface area (Å²) in [6.07, 6.45) is 5.32. The molecule has 1 aromatic carbocycles. The maximum Gasteiger partial charge on any atom is 0.0795 e. The van der Waals surface area contributed by atoms with Crippen molar-refractivity contribution >= 4 is 23.5 Å². The van der Waals surface area contributed by atoms with E-state index in [1.54, 1.807) is 6.08 Å². The molecular formula is C19H28O3S2. The second-order valence-electron chi connectivity index (χ2n) is 6.12. The van der Waals surface area contributed by atoms with Crippen molar-refractivity contribution in [3.63, 3.8) is 0 Å². The van der Waals surface area contributed by atoms with E-state index in [-0.39, 0.29) is 10.7 Å². The van der Waals surface area contributed by atoms with Gasteiger partial charge in [0.05, 0.1) is 30.0 Å². The molecule has 24 heavy (non-hydrogen) atoms. The van der Waals surface area contributed by atoms with Crippen LogP contribution in [0, 0.1) is 5.92 Å². The highest BCUT2D eigenvalue weighted by atomic mass is 32.2. The van der Waals surface area contributed by atoms with Crippen molar-refractivity contribution in [1.82, 2.24) is 0 Å². The van der Waals surface area contributed by atoms with Crippen LogP contribution in [0.4, 0.5) is 0 Å². The third-order valence-electron chi connectivity index (χ3n) is 4.15. The first-order chi connectivity index (χ1) is 11.7. The lowest BCUT2D eigenvalue weighted by Gasteiger charge is -2.41. The van der Waals surface area contributed by atoms with Gasteiger partial charge in [-0.05, 0) is 35.8 Å². The summed E-state index contributed by atoms with van der Waals surface area (Å²) < 4.78 is 5.67. The standard InChI is InChI=1S/C19H28O3S2/c1-16(7-5-10-20)19(23-11-6-12-24-19)13-18(21)15-22-14-17-8-3-2-4-9-17/h2-5,7-9,16,18,20-21H,6,10-15H2,1H3/b7-5-/t16-,18+/m1/s1. The second-order valence-corrected chi connectivity index (χ2v) is 9.23. The molecule has 2 N–H and O–H groups in total. The number of thioether (sulfide) groups is 2. The topological polar surface area (TPSA) is 49.7 Å². The summed E-state index contributed by atoms with van der Waals surface area (Å²) in [4.78, 5) is 0. The third-order valence-corrected chi connectivity index (χ3v) is 7.89. The molecule has 1 aliphatic rings. The zero-order valence-electron chi connectivity index (χ0n) is 14.3. The predicted molar refractivity (Wildman–Crippen MR) is 104 cm³/mol. The van der Waals surface area contributed by atoms with Crippen molar-refractivity contribution in [2.45, 2.75) is 36.6 Å². The fraction of sp³-hybridized carbons (Fsp3) is 0.579. The Labute approximate surface area is 153 Å². The van der Waals surface area contributed by atoms with Crippen LogP contribution < -0.4 is 0 Å². The number of aliphatic hydroxyl groups is 2. The second kappa shape index (κ2) is 10.5. The van der Waals surface area contributed by atoms with Crippen LogP contribution in [-0.4, -0.2) is 45.1 Å². The molecular weight excluding hydrogens is 340 g/mol. The molecule has 0 unspecified atom stereocenters. The van der Waals surface area contributed by atoms with Crippen molar-refractivity contribution in [2.75, 3.05) is 24.7 Å². The monoisotopic (exact) mass is 368 g/mol. The van der Waals surface area contributed by atoms with Gasteiger partial charge >= 0.3 is 0 Å². The van der Waals surface area contributed by atoms with Gasteiger partial charge in [-0.3, -0.25) is 0 Å². The van der Waals surface area contributed by atoms with Gasteiger partial charge in [-0.25, -0.2) is 0 Å². The summed E-state index contributed by atoms with van der Waals surface area (Å²) in [7, 11) is 0. The molecule has 1 heterocycles. The van der Waals surface area contributed by atoms with E-state index >= 15 is 0 Å². The van der Waals surface area contributed by atoms with Crippen LogP contribution in [0.25, 0.3) is 0 Å². The first kappa shape index (κ1) is 19.9. The van der Waals surface area contributed by atoms with Crippen LogP contribution >= 0.6 is 23.5 Å². The molecule has 2 rings (SSSR count). The van der Waals surface area contributed by atoms with Crippen molar-refractivity contribution < 1.29 is 14.9 Å². The number of aliphatic hydroxyl groups excluding tert-OH is 2. The molecule has 0 amide bonds. The molecule has 3 nitrogen and oxygen atoms in total. The average molecular weight is 369 g/mol. The first-order valence-electron chi connectivity index (χ1n) is 8.51. The van der Waals surface area contributed by atoms with E-state index in [0.29, 0.717) is 25.6 Å². The highest BCUT2D eigenvalue weighted by Gasteiger charge is 2.39. The van der Waals surface area contributed by atoms with E-state index < -0.39 is 6.10 Å². The van der Waals surface area contributed by atoms with Crippen LogP contribution in [0.1, 0.15) is 25.3 Å². The van der Waals surface area contributed by atoms with Crippen LogP contribution in [0.2, 0.25) is 0 Å². The Morgan fingerprint density at radius 3 is 2.62 bits per heavy atom. The Morgan fingerprint density at radius 2 is 1.96 bits per heavy atom. The minimum Gasteiger partial charge on any atom is -0.392 e. The van der Waals surface area contributed by atoms with Gasteiger partial charge in [-0.1, -0.05) is 49.4 Å². The molecule has 5 heteroatoms. The minimum absolute atomic E-state index is 0.0283. The van der Waals surface area contributed by atoms with E-state index in [9.17, 15) is 5.11 Å². The van der Waals surface area contributed by atoms with Crippen LogP contribution in [0.5, 0.6) is 0 Å². The SMILES string of the molecule is C[C@H](/C=C\CO)C1(C[C@H](O)COCc2ccccc2)SCCCS1. The minimum atomic E-state index is -0.475. The number of benzene rings is 1. The van der Waals surface area contributed by atoms with Crippen LogP contribution in [0.15, 0.2) is 42.5 Å². The van der Waals surface area contributed by atoms with Crippen molar-refractivity contribution in [1.29, 1.82) is 0 Å². The number of rotatable bonds is 9. The quantitative estimate of drug-likeness (QED) is 0.651. The van der Waals surface area contributed by atoms with Gasteiger partial charge in [0.15, 0.2) is 0 Å². The first-order valence-corrected chi connectivity index (χ1v) is 10.5. The average Bonchev–Trinajstić information content (AvgIpc) is 2.61. The molecule has 0 spiro atoms. The van der Waals surface area contributed by atoms with Crippen molar-refractivity contribution in [3.05, 3.63) is 48.0 Å². The molecule has 1 fully saturated rings. The van der Waals surface area contributed by atoms with Gasteiger partial charge in [-0.15, -0.1) is 23.5 Å². The molecule has 1 aromatic rings. The highest BCUT2D eigenvalue weighted by molar-refractivity contribution is 8.18. The zero-order valence-corrected chi connectivity index (χ0v) is 15.9. The van der Waals surface area contributed by atoms with Crippen molar-refractivity contribution in [3.8, 4) is 0 Å². The Bertz CT molecular complexity index is 487. The van der Waals surface area contributed by atoms with E-state index in [0.717, 1.165) is 17.1 Å². The lowest BCUT2D eigenvalue weighted by molar-refractivity contribution is 0.0220. The summed E-state index contributed by atoms with van der Waals surface area (Å²) in [5.74, 6) is 2.55. The summed E-state index contributed by atoms with van der Waals surface area (Å²) in [5, 5.41) is 19.5. The normalized spacial score (nSPS) is 20.1. The maximum absolute atomic E-state index is 10.5. The Hall–Kier alpha value is -0.460. The van der Waals surface area contributed by atoms with Gasteiger partial charge in [0.1, 0.15) is 0 Å². The zero-order chi connectivity index (χ0) is 17.3. The lowest BCUT2D eigenvalue weighted by atomic mass is 10.0. The molecule has 0 aromatic heterocycles. The predicted octanol–water partition coefficient (Wildman–Crippen LogP) is 3.71. The third kappa shape index (κ3) is 6.12. The van der Waals surface area contributed by atoms with Crippen LogP contribution in [-0.2, 0) is 11.3 Å². The van der Waals surface area contributed by atoms with E-state index in [1.165, 1.54) is 6.42 Å². The lowest BCUT2D eigenvalue weighted by Crippen LogP contribution is -2.37. The van der Waals surface area contributed by atoms with Crippen LogP contribution in [0.3, 0.4) is 0 Å². The van der Waals surface area contributed by atoms with Gasteiger partial charge in [0.2, 0.25) is 0 Å². The number of hydrogen-bond donors (Lipinski definition) is 2. The molecule has 134 valence electrons. The summed E-state index contributed by atoms with van der Waals surface area (Å²) in [6, 6.07) is 10.0.